The molecule has 10 rings (SSSR count). The molecule has 3 amide bonds. The third-order valence-electron chi connectivity index (χ3n) is 13.2. The van der Waals surface area contributed by atoms with Gasteiger partial charge in [-0.2, -0.15) is 0 Å². The quantitative estimate of drug-likeness (QED) is 0.111. The van der Waals surface area contributed by atoms with E-state index in [1.54, 1.807) is 23.1 Å². The van der Waals surface area contributed by atoms with Gasteiger partial charge >= 0.3 is 0 Å². The molecule has 1 aromatic heterocycles. The van der Waals surface area contributed by atoms with E-state index in [2.05, 4.69) is 33.0 Å². The summed E-state index contributed by atoms with van der Waals surface area (Å²) in [5.41, 5.74) is 8.18. The van der Waals surface area contributed by atoms with Gasteiger partial charge in [-0.1, -0.05) is 66.7 Å². The number of carbonyl (C=O) groups is 3. The van der Waals surface area contributed by atoms with Crippen LogP contribution in [0.1, 0.15) is 71.9 Å². The molecule has 0 saturated carbocycles. The first-order valence-corrected chi connectivity index (χ1v) is 24.5. The van der Waals surface area contributed by atoms with Crippen molar-refractivity contribution < 1.29 is 41.7 Å². The number of anilines is 1. The van der Waals surface area contributed by atoms with Crippen LogP contribution in [-0.2, 0) is 54.5 Å². The number of hydrogen-bond acceptors (Lipinski definition) is 10. The van der Waals surface area contributed by atoms with Crippen LogP contribution in [0.3, 0.4) is 0 Å². The highest BCUT2D eigenvalue weighted by molar-refractivity contribution is 7.72. The fourth-order valence-corrected chi connectivity index (χ4v) is 10.0. The molecule has 0 spiro atoms. The van der Waals surface area contributed by atoms with E-state index < -0.39 is 22.5 Å². The molecule has 15 heteroatoms. The number of nitrogens with one attached hydrogen (secondary N) is 1. The highest BCUT2D eigenvalue weighted by Crippen LogP contribution is 2.43. The lowest BCUT2D eigenvalue weighted by molar-refractivity contribution is 0.0193. The summed E-state index contributed by atoms with van der Waals surface area (Å²) in [7, 11) is -2.81. The van der Waals surface area contributed by atoms with E-state index in [1.807, 2.05) is 89.8 Å². The van der Waals surface area contributed by atoms with Crippen LogP contribution >= 0.6 is 0 Å². The molecule has 0 aliphatic carbocycles. The zero-order valence-corrected chi connectivity index (χ0v) is 38.5. The number of benzene rings is 5. The van der Waals surface area contributed by atoms with Crippen molar-refractivity contribution >= 4 is 34.1 Å². The first kappa shape index (κ1) is 44.9. The van der Waals surface area contributed by atoms with Crippen molar-refractivity contribution in [3.05, 3.63) is 166 Å². The van der Waals surface area contributed by atoms with Crippen molar-refractivity contribution in [2.45, 2.75) is 58.0 Å². The van der Waals surface area contributed by atoms with Gasteiger partial charge in [-0.3, -0.25) is 19.3 Å². The lowest BCUT2D eigenvalue weighted by atomic mass is 9.92. The Kier molecular flexibility index (Phi) is 13.3. The van der Waals surface area contributed by atoms with Crippen molar-refractivity contribution in [2.75, 3.05) is 50.4 Å². The molecule has 0 unspecified atom stereocenters. The number of morpholine rings is 1. The van der Waals surface area contributed by atoms with E-state index in [4.69, 9.17) is 18.9 Å². The SMILES string of the molecule is O=C(NC[SH](=O)=O)c1cccc(CN(C(=O)c2cc(-c3cc4c(cc3C(=O)N3Cc5ccccc5C[C@H]3CN3CCOCC3)OCO4)n3c2CCCC3)c2ccc(OCc3ccccc3)cc2)c1. The normalized spacial score (nSPS) is 16.5. The topological polar surface area (TPSA) is 149 Å². The van der Waals surface area contributed by atoms with Gasteiger partial charge < -0.3 is 38.6 Å². The fraction of sp³-hybridized carbons (Fsp3) is 0.302. The Morgan fingerprint density at radius 1 is 0.765 bits per heavy atom. The Balaban J connectivity index is 1.02. The van der Waals surface area contributed by atoms with Crippen LogP contribution in [0.2, 0.25) is 0 Å². The number of fused-ring (bicyclic) bond motifs is 3. The van der Waals surface area contributed by atoms with Crippen LogP contribution in [-0.4, -0.2) is 92.1 Å². The molecular weight excluding hydrogens is 883 g/mol. The number of amides is 3. The zero-order valence-electron chi connectivity index (χ0n) is 37.6. The molecule has 0 radical (unpaired) electrons. The van der Waals surface area contributed by atoms with Gasteiger partial charge in [0.1, 0.15) is 18.2 Å². The maximum atomic E-state index is 15.5. The molecule has 5 heterocycles. The smallest absolute Gasteiger partial charge is 0.260 e. The van der Waals surface area contributed by atoms with Gasteiger partial charge in [0.15, 0.2) is 22.2 Å². The minimum Gasteiger partial charge on any atom is -0.489 e. The van der Waals surface area contributed by atoms with Crippen molar-refractivity contribution in [1.29, 1.82) is 0 Å². The van der Waals surface area contributed by atoms with Crippen LogP contribution in [0.25, 0.3) is 11.3 Å². The molecule has 0 bridgehead atoms. The summed E-state index contributed by atoms with van der Waals surface area (Å²) in [4.78, 5) is 49.9. The molecule has 1 atom stereocenters. The number of carbonyl (C=O) groups excluding carboxylic acids is 3. The van der Waals surface area contributed by atoms with Crippen LogP contribution in [0.15, 0.2) is 121 Å². The zero-order chi connectivity index (χ0) is 46.6. The number of rotatable bonds is 14. The van der Waals surface area contributed by atoms with Gasteiger partial charge in [0, 0.05) is 67.0 Å². The molecule has 1 fully saturated rings. The summed E-state index contributed by atoms with van der Waals surface area (Å²) in [6.45, 7) is 5.25. The molecule has 14 nitrogen and oxygen atoms in total. The predicted molar refractivity (Wildman–Crippen MR) is 257 cm³/mol. The summed E-state index contributed by atoms with van der Waals surface area (Å²) in [6.07, 6.45) is 3.15. The molecule has 4 aliphatic rings. The second-order valence-electron chi connectivity index (χ2n) is 17.6. The Morgan fingerprint density at radius 3 is 2.31 bits per heavy atom. The predicted octanol–water partition coefficient (Wildman–Crippen LogP) is 6.84. The van der Waals surface area contributed by atoms with E-state index in [0.29, 0.717) is 91.1 Å². The lowest BCUT2D eigenvalue weighted by Gasteiger charge is -2.40. The van der Waals surface area contributed by atoms with E-state index >= 15 is 9.59 Å². The summed E-state index contributed by atoms with van der Waals surface area (Å²) in [6, 6.07) is 37.9. The molecule has 350 valence electrons. The molecule has 5 aromatic carbocycles. The number of ether oxygens (including phenoxy) is 4. The van der Waals surface area contributed by atoms with E-state index in [-0.39, 0.29) is 36.8 Å². The number of hydrogen-bond donors (Lipinski definition) is 2. The molecule has 6 aromatic rings. The highest BCUT2D eigenvalue weighted by Gasteiger charge is 2.36. The summed E-state index contributed by atoms with van der Waals surface area (Å²) in [5.74, 6) is 0.269. The standard InChI is InChI=1S/C53H53N5O9S/c59-51(54-34-68(62)63)39-14-8-11-37(25-39)30-57(41-16-18-43(19-17-41)65-33-36-9-2-1-3-10-36)53(61)46-27-48(56-20-7-6-15-47(46)56)44-28-49-50(67-35-66-49)29-45(44)52(60)58-31-40-13-5-4-12-38(40)26-42(58)32-55-21-23-64-24-22-55/h1-5,8-14,16-19,25,27-29,42,68H,6-7,15,20-24,26,30-35H2,(H,54,59)/t42-/m0/s1. The van der Waals surface area contributed by atoms with Gasteiger partial charge in [-0.05, 0) is 103 Å². The Hall–Kier alpha value is -6.94. The maximum absolute atomic E-state index is 15.5. The first-order chi connectivity index (χ1) is 33.3. The molecular formula is C53H53N5O9S. The molecule has 1 N–H and O–H groups in total. The van der Waals surface area contributed by atoms with Gasteiger partial charge in [0.25, 0.3) is 17.7 Å². The Morgan fingerprint density at radius 2 is 1.51 bits per heavy atom. The average Bonchev–Trinajstić information content (AvgIpc) is 4.01. The van der Waals surface area contributed by atoms with Gasteiger partial charge in [0.05, 0.1) is 30.9 Å². The first-order valence-electron chi connectivity index (χ1n) is 23.2. The average molecular weight is 936 g/mol. The Bertz CT molecular complexity index is 2900. The third-order valence-corrected chi connectivity index (χ3v) is 13.6. The van der Waals surface area contributed by atoms with E-state index in [1.165, 1.54) is 5.56 Å². The van der Waals surface area contributed by atoms with Crippen LogP contribution in [0.4, 0.5) is 5.69 Å². The second-order valence-corrected chi connectivity index (χ2v) is 18.6. The van der Waals surface area contributed by atoms with E-state index in [9.17, 15) is 13.2 Å². The van der Waals surface area contributed by atoms with Gasteiger partial charge in [-0.15, -0.1) is 0 Å². The number of thiol groups is 1. The molecule has 1 saturated heterocycles. The third kappa shape index (κ3) is 9.73. The minimum absolute atomic E-state index is 0.0334. The molecule has 4 aliphatic heterocycles. The van der Waals surface area contributed by atoms with Gasteiger partial charge in [0.2, 0.25) is 6.79 Å². The highest BCUT2D eigenvalue weighted by atomic mass is 32.2. The van der Waals surface area contributed by atoms with Crippen molar-refractivity contribution in [3.63, 3.8) is 0 Å². The molecule has 68 heavy (non-hydrogen) atoms. The number of aromatic nitrogens is 1. The fourth-order valence-electron chi connectivity index (χ4n) is 9.76. The summed E-state index contributed by atoms with van der Waals surface area (Å²) < 4.78 is 48.4. The summed E-state index contributed by atoms with van der Waals surface area (Å²) >= 11 is 0. The Labute approximate surface area is 396 Å². The van der Waals surface area contributed by atoms with Crippen molar-refractivity contribution in [2.24, 2.45) is 0 Å². The van der Waals surface area contributed by atoms with Crippen LogP contribution in [0.5, 0.6) is 17.2 Å². The minimum atomic E-state index is -2.81. The second kappa shape index (κ2) is 20.1. The largest absolute Gasteiger partial charge is 0.489 e. The van der Waals surface area contributed by atoms with E-state index in [0.717, 1.165) is 54.9 Å². The van der Waals surface area contributed by atoms with Gasteiger partial charge in [-0.25, -0.2) is 8.42 Å². The number of nitrogens with zero attached hydrogens (tertiary/aromatic N) is 4. The van der Waals surface area contributed by atoms with Crippen LogP contribution in [0, 0.1) is 0 Å². The lowest BCUT2D eigenvalue weighted by Crippen LogP contribution is -2.52. The monoisotopic (exact) mass is 935 g/mol. The maximum Gasteiger partial charge on any atom is 0.260 e. The van der Waals surface area contributed by atoms with Crippen LogP contribution < -0.4 is 24.4 Å². The van der Waals surface area contributed by atoms with Crippen molar-refractivity contribution in [3.8, 4) is 28.5 Å². The van der Waals surface area contributed by atoms with Crippen molar-refractivity contribution in [1.82, 2.24) is 19.7 Å². The summed E-state index contributed by atoms with van der Waals surface area (Å²) in [5, 5.41) is 2.43.